The molecular weight excluding hydrogens is 442 g/mol. The van der Waals surface area contributed by atoms with E-state index >= 15 is 0 Å². The Balaban J connectivity index is 1.26. The summed E-state index contributed by atoms with van der Waals surface area (Å²) in [6.07, 6.45) is 4.72. The van der Waals surface area contributed by atoms with Crippen molar-refractivity contribution >= 4 is 33.4 Å². The Kier molecular flexibility index (Phi) is 6.54. The molecule has 2 aliphatic rings. The van der Waals surface area contributed by atoms with Crippen molar-refractivity contribution in [3.63, 3.8) is 0 Å². The number of hydrogen-bond donors (Lipinski definition) is 2. The van der Waals surface area contributed by atoms with Crippen molar-refractivity contribution in [2.45, 2.75) is 37.6 Å². The number of amides is 2. The summed E-state index contributed by atoms with van der Waals surface area (Å²) < 4.78 is 1.07. The van der Waals surface area contributed by atoms with E-state index in [4.69, 9.17) is 0 Å². The maximum absolute atomic E-state index is 12.8. The Hall–Kier alpha value is -2.18. The van der Waals surface area contributed by atoms with Crippen LogP contribution >= 0.6 is 15.9 Å². The lowest BCUT2D eigenvalue weighted by Gasteiger charge is -2.44. The molecule has 1 aliphatic carbocycles. The highest BCUT2D eigenvalue weighted by molar-refractivity contribution is 9.10. The molecular formula is C24H28BrN3O2. The van der Waals surface area contributed by atoms with E-state index in [2.05, 4.69) is 50.8 Å². The molecule has 0 unspecified atom stereocenters. The van der Waals surface area contributed by atoms with Crippen LogP contribution in [0.2, 0.25) is 0 Å². The van der Waals surface area contributed by atoms with Crippen molar-refractivity contribution in [1.29, 1.82) is 0 Å². The molecule has 4 rings (SSSR count). The normalized spacial score (nSPS) is 18.5. The molecule has 0 bridgehead atoms. The van der Waals surface area contributed by atoms with Gasteiger partial charge in [-0.1, -0.05) is 46.3 Å². The van der Waals surface area contributed by atoms with Gasteiger partial charge in [-0.25, -0.2) is 0 Å². The van der Waals surface area contributed by atoms with Crippen molar-refractivity contribution in [2.75, 3.05) is 25.0 Å². The van der Waals surface area contributed by atoms with Crippen molar-refractivity contribution in [3.8, 4) is 0 Å². The average molecular weight is 470 g/mol. The number of nitrogens with zero attached hydrogens (tertiary/aromatic N) is 1. The zero-order valence-electron chi connectivity index (χ0n) is 17.1. The molecule has 0 aromatic heterocycles. The van der Waals surface area contributed by atoms with Crippen LogP contribution in [0.1, 0.15) is 37.7 Å². The summed E-state index contributed by atoms with van der Waals surface area (Å²) in [4.78, 5) is 27.2. The molecule has 2 N–H and O–H groups in total. The third-order valence-electron chi connectivity index (χ3n) is 6.44. The average Bonchev–Trinajstić information content (AvgIpc) is 2.75. The van der Waals surface area contributed by atoms with E-state index in [1.807, 2.05) is 35.2 Å². The molecule has 1 heterocycles. The fraction of sp³-hybridized carbons (Fsp3) is 0.417. The molecule has 30 heavy (non-hydrogen) atoms. The summed E-state index contributed by atoms with van der Waals surface area (Å²) in [5.41, 5.74) is 1.99. The molecule has 2 aromatic rings. The monoisotopic (exact) mass is 469 g/mol. The van der Waals surface area contributed by atoms with E-state index in [1.54, 1.807) is 0 Å². The van der Waals surface area contributed by atoms with Gasteiger partial charge in [0.2, 0.25) is 11.8 Å². The maximum atomic E-state index is 12.8. The standard InChI is InChI=1S/C24H28BrN3O2/c25-20-9-7-19(8-10-20)24(13-4-14-24)26-17-22(29)28-15-11-18(12-16-28)23(30)27-21-5-2-1-3-6-21/h1-3,5-10,18,26H,4,11-17H2,(H,27,30). The lowest BCUT2D eigenvalue weighted by molar-refractivity contribution is -0.134. The van der Waals surface area contributed by atoms with Gasteiger partial charge in [-0.2, -0.15) is 0 Å². The molecule has 5 nitrogen and oxygen atoms in total. The van der Waals surface area contributed by atoms with Crippen LogP contribution in [-0.4, -0.2) is 36.3 Å². The highest BCUT2D eigenvalue weighted by atomic mass is 79.9. The molecule has 2 fully saturated rings. The van der Waals surface area contributed by atoms with E-state index in [9.17, 15) is 9.59 Å². The third kappa shape index (κ3) is 4.76. The molecule has 0 spiro atoms. The number of para-hydroxylation sites is 1. The predicted octanol–water partition coefficient (Wildman–Crippen LogP) is 4.30. The van der Waals surface area contributed by atoms with Crippen LogP contribution in [-0.2, 0) is 15.1 Å². The summed E-state index contributed by atoms with van der Waals surface area (Å²) in [6.45, 7) is 1.62. The fourth-order valence-electron chi connectivity index (χ4n) is 4.38. The minimum atomic E-state index is -0.0791. The van der Waals surface area contributed by atoms with Gasteiger partial charge in [0, 0.05) is 34.7 Å². The number of hydrogen-bond acceptors (Lipinski definition) is 3. The summed E-state index contributed by atoms with van der Waals surface area (Å²) in [5.74, 6) is 0.137. The zero-order valence-corrected chi connectivity index (χ0v) is 18.7. The van der Waals surface area contributed by atoms with Crippen LogP contribution in [0.5, 0.6) is 0 Å². The van der Waals surface area contributed by atoms with Crippen molar-refractivity contribution in [3.05, 3.63) is 64.6 Å². The first-order valence-electron chi connectivity index (χ1n) is 10.7. The summed E-state index contributed by atoms with van der Waals surface area (Å²) in [5, 5.41) is 6.53. The maximum Gasteiger partial charge on any atom is 0.236 e. The molecule has 6 heteroatoms. The first-order chi connectivity index (χ1) is 14.6. The quantitative estimate of drug-likeness (QED) is 0.662. The highest BCUT2D eigenvalue weighted by Crippen LogP contribution is 2.41. The zero-order chi connectivity index (χ0) is 21.0. The lowest BCUT2D eigenvalue weighted by atomic mass is 9.72. The number of benzene rings is 2. The Morgan fingerprint density at radius 3 is 2.27 bits per heavy atom. The topological polar surface area (TPSA) is 61.4 Å². The fourth-order valence-corrected chi connectivity index (χ4v) is 4.64. The first-order valence-corrected chi connectivity index (χ1v) is 11.5. The summed E-state index contributed by atoms with van der Waals surface area (Å²) in [7, 11) is 0. The van der Waals surface area contributed by atoms with E-state index in [1.165, 1.54) is 12.0 Å². The van der Waals surface area contributed by atoms with Crippen LogP contribution in [0.4, 0.5) is 5.69 Å². The van der Waals surface area contributed by atoms with E-state index in [0.29, 0.717) is 32.5 Å². The van der Waals surface area contributed by atoms with E-state index in [-0.39, 0.29) is 23.3 Å². The molecule has 1 aliphatic heterocycles. The molecule has 0 atom stereocenters. The Labute approximate surface area is 186 Å². The second kappa shape index (κ2) is 9.31. The summed E-state index contributed by atoms with van der Waals surface area (Å²) >= 11 is 3.49. The van der Waals surface area contributed by atoms with Gasteiger partial charge in [-0.15, -0.1) is 0 Å². The lowest BCUT2D eigenvalue weighted by Crippen LogP contribution is -2.53. The van der Waals surface area contributed by atoms with Crippen LogP contribution in [0.25, 0.3) is 0 Å². The van der Waals surface area contributed by atoms with E-state index < -0.39 is 0 Å². The number of carbonyl (C=O) groups is 2. The SMILES string of the molecule is O=C(Nc1ccccc1)C1CCN(C(=O)CNC2(c3ccc(Br)cc3)CCC2)CC1. The number of nitrogens with one attached hydrogen (secondary N) is 2. The highest BCUT2D eigenvalue weighted by Gasteiger charge is 2.39. The largest absolute Gasteiger partial charge is 0.342 e. The number of carbonyl (C=O) groups excluding carboxylic acids is 2. The second-order valence-electron chi connectivity index (χ2n) is 8.31. The van der Waals surface area contributed by atoms with Gasteiger partial charge >= 0.3 is 0 Å². The van der Waals surface area contributed by atoms with Gasteiger partial charge in [-0.05, 0) is 61.9 Å². The second-order valence-corrected chi connectivity index (χ2v) is 9.22. The predicted molar refractivity (Wildman–Crippen MR) is 122 cm³/mol. The van der Waals surface area contributed by atoms with Gasteiger partial charge in [0.05, 0.1) is 6.54 Å². The van der Waals surface area contributed by atoms with Gasteiger partial charge < -0.3 is 10.2 Å². The molecule has 1 saturated carbocycles. The van der Waals surface area contributed by atoms with Gasteiger partial charge in [0.1, 0.15) is 0 Å². The van der Waals surface area contributed by atoms with Crippen molar-refractivity contribution in [1.82, 2.24) is 10.2 Å². The molecule has 2 amide bonds. The van der Waals surface area contributed by atoms with Gasteiger partial charge in [-0.3, -0.25) is 14.9 Å². The first kappa shape index (κ1) is 21.1. The van der Waals surface area contributed by atoms with Crippen LogP contribution in [0, 0.1) is 5.92 Å². The molecule has 1 saturated heterocycles. The van der Waals surface area contributed by atoms with E-state index in [0.717, 1.165) is 23.0 Å². The third-order valence-corrected chi connectivity index (χ3v) is 6.97. The Morgan fingerprint density at radius 1 is 1.00 bits per heavy atom. The number of halogens is 1. The van der Waals surface area contributed by atoms with Crippen molar-refractivity contribution in [2.24, 2.45) is 5.92 Å². The summed E-state index contributed by atoms with van der Waals surface area (Å²) in [6, 6.07) is 17.9. The molecule has 0 radical (unpaired) electrons. The molecule has 158 valence electrons. The van der Waals surface area contributed by atoms with Gasteiger partial charge in [0.15, 0.2) is 0 Å². The number of rotatable bonds is 6. The number of likely N-dealkylation sites (tertiary alicyclic amines) is 1. The molecule has 2 aromatic carbocycles. The minimum absolute atomic E-state index is 0.0389. The minimum Gasteiger partial charge on any atom is -0.342 e. The van der Waals surface area contributed by atoms with Crippen LogP contribution in [0.15, 0.2) is 59.1 Å². The van der Waals surface area contributed by atoms with Crippen molar-refractivity contribution < 1.29 is 9.59 Å². The number of piperidine rings is 1. The Bertz CT molecular complexity index is 873. The van der Waals surface area contributed by atoms with Crippen LogP contribution in [0.3, 0.4) is 0 Å². The smallest absolute Gasteiger partial charge is 0.236 e. The van der Waals surface area contributed by atoms with Crippen LogP contribution < -0.4 is 10.6 Å². The van der Waals surface area contributed by atoms with Gasteiger partial charge in [0.25, 0.3) is 0 Å². The Morgan fingerprint density at radius 2 is 1.67 bits per heavy atom. The number of anilines is 1.